The molecule has 2 aromatic heterocycles. The molecule has 174 valence electrons. The third-order valence-corrected chi connectivity index (χ3v) is 7.48. The summed E-state index contributed by atoms with van der Waals surface area (Å²) in [5.74, 6) is -0.260. The molecule has 32 heavy (non-hydrogen) atoms. The van der Waals surface area contributed by atoms with Gasteiger partial charge in [-0.15, -0.1) is 0 Å². The molecule has 1 N–H and O–H groups in total. The van der Waals surface area contributed by atoms with Gasteiger partial charge in [-0.1, -0.05) is 25.7 Å². The zero-order chi connectivity index (χ0) is 22.8. The molecule has 2 aliphatic rings. The van der Waals surface area contributed by atoms with E-state index in [-0.39, 0.29) is 5.88 Å². The van der Waals surface area contributed by atoms with Crippen LogP contribution in [0.3, 0.4) is 0 Å². The predicted molar refractivity (Wildman–Crippen MR) is 123 cm³/mol. The second-order valence-electron chi connectivity index (χ2n) is 9.42. The summed E-state index contributed by atoms with van der Waals surface area (Å²) in [7, 11) is 0.344. The van der Waals surface area contributed by atoms with Crippen molar-refractivity contribution >= 4 is 30.6 Å². The predicted octanol–water partition coefficient (Wildman–Crippen LogP) is 3.77. The van der Waals surface area contributed by atoms with Crippen molar-refractivity contribution in [3.05, 3.63) is 24.0 Å². The number of pyridine rings is 1. The molecule has 0 atom stereocenters. The fourth-order valence-electron chi connectivity index (χ4n) is 3.90. The van der Waals surface area contributed by atoms with Gasteiger partial charge in [-0.05, 0) is 18.0 Å². The number of hydrogen-bond acceptors (Lipinski definition) is 7. The number of fused-ring (bicyclic) bond motifs is 1. The Bertz CT molecular complexity index is 1010. The van der Waals surface area contributed by atoms with Crippen LogP contribution in [0, 0.1) is 0 Å². The van der Waals surface area contributed by atoms with Crippen molar-refractivity contribution in [3.63, 3.8) is 0 Å². The van der Waals surface area contributed by atoms with Crippen LogP contribution in [-0.2, 0) is 20.9 Å². The maximum Gasteiger partial charge on any atom is 0.413 e. The molecule has 0 radical (unpaired) electrons. The highest BCUT2D eigenvalue weighted by molar-refractivity contribution is 6.76. The number of nitrogens with zero attached hydrogens (tertiary/aromatic N) is 3. The van der Waals surface area contributed by atoms with Crippen LogP contribution in [0.4, 0.5) is 4.79 Å². The van der Waals surface area contributed by atoms with Crippen LogP contribution < -0.4 is 10.1 Å². The van der Waals surface area contributed by atoms with Crippen molar-refractivity contribution < 1.29 is 23.7 Å². The summed E-state index contributed by atoms with van der Waals surface area (Å²) in [6, 6.07) is 2.86. The van der Waals surface area contributed by atoms with Crippen molar-refractivity contribution in [2.45, 2.75) is 57.5 Å². The van der Waals surface area contributed by atoms with Crippen LogP contribution in [0.1, 0.15) is 25.0 Å². The summed E-state index contributed by atoms with van der Waals surface area (Å²) in [6.07, 6.45) is 5.53. The minimum atomic E-state index is -1.17. The van der Waals surface area contributed by atoms with Crippen LogP contribution in [0.5, 0.6) is 5.88 Å². The number of rotatable bonds is 7. The summed E-state index contributed by atoms with van der Waals surface area (Å²) in [4.78, 5) is 15.9. The Balaban J connectivity index is 1.61. The van der Waals surface area contributed by atoms with Gasteiger partial charge in [0.1, 0.15) is 6.73 Å². The SMILES string of the molecule is CNC(=O)Oc1cc2c(C3=CCC4(CC3)OCCO4)nn(COCC[Si](C)(C)C)c2cn1. The zero-order valence-corrected chi connectivity index (χ0v) is 20.3. The van der Waals surface area contributed by atoms with E-state index in [2.05, 4.69) is 36.0 Å². The molecular weight excluding hydrogens is 428 g/mol. The molecular formula is C22H32N4O5Si. The summed E-state index contributed by atoms with van der Waals surface area (Å²) in [5, 5.41) is 8.18. The molecule has 1 fully saturated rings. The molecule has 9 nitrogen and oxygen atoms in total. The number of ether oxygens (including phenoxy) is 4. The fourth-order valence-corrected chi connectivity index (χ4v) is 4.66. The van der Waals surface area contributed by atoms with Gasteiger partial charge in [0.15, 0.2) is 5.79 Å². The maximum atomic E-state index is 11.7. The smallest absolute Gasteiger partial charge is 0.391 e. The molecule has 0 bridgehead atoms. The molecule has 0 unspecified atom stereocenters. The van der Waals surface area contributed by atoms with Gasteiger partial charge in [0, 0.05) is 46.0 Å². The molecule has 0 saturated carbocycles. The lowest BCUT2D eigenvalue weighted by Crippen LogP contribution is -2.31. The second kappa shape index (κ2) is 9.30. The number of amides is 1. The molecule has 10 heteroatoms. The number of hydrogen-bond donors (Lipinski definition) is 1. The van der Waals surface area contributed by atoms with Crippen molar-refractivity contribution in [2.75, 3.05) is 26.9 Å². The van der Waals surface area contributed by atoms with E-state index in [0.717, 1.165) is 41.1 Å². The van der Waals surface area contributed by atoms with Gasteiger partial charge in [0.2, 0.25) is 5.88 Å². The van der Waals surface area contributed by atoms with Crippen LogP contribution in [-0.4, -0.2) is 61.6 Å². The van der Waals surface area contributed by atoms with Gasteiger partial charge in [-0.3, -0.25) is 0 Å². The average molecular weight is 461 g/mol. The van der Waals surface area contributed by atoms with Crippen molar-refractivity contribution in [1.29, 1.82) is 0 Å². The molecule has 1 amide bonds. The van der Waals surface area contributed by atoms with Crippen molar-refractivity contribution in [3.8, 4) is 5.88 Å². The van der Waals surface area contributed by atoms with Crippen LogP contribution in [0.25, 0.3) is 16.5 Å². The van der Waals surface area contributed by atoms with E-state index < -0.39 is 20.0 Å². The monoisotopic (exact) mass is 460 g/mol. The van der Waals surface area contributed by atoms with E-state index in [4.69, 9.17) is 24.0 Å². The standard InChI is InChI=1S/C22H32N4O5Si/c1-23-21(27)31-19-13-17-18(14-24-19)26(15-28-11-12-32(2,3)4)25-20(17)16-5-7-22(8-6-16)29-9-10-30-22/h5,13-14H,6-12,15H2,1-4H3,(H,23,27). The van der Waals surface area contributed by atoms with Crippen LogP contribution in [0.2, 0.25) is 25.7 Å². The van der Waals surface area contributed by atoms with Crippen LogP contribution >= 0.6 is 0 Å². The first kappa shape index (κ1) is 22.9. The normalized spacial score (nSPS) is 18.2. The van der Waals surface area contributed by atoms with E-state index in [9.17, 15) is 4.79 Å². The van der Waals surface area contributed by atoms with E-state index in [1.54, 1.807) is 12.3 Å². The quantitative estimate of drug-likeness (QED) is 0.496. The molecule has 1 aliphatic heterocycles. The lowest BCUT2D eigenvalue weighted by atomic mass is 9.91. The Morgan fingerprint density at radius 3 is 2.75 bits per heavy atom. The van der Waals surface area contributed by atoms with E-state index in [0.29, 0.717) is 33.0 Å². The minimum Gasteiger partial charge on any atom is -0.391 e. The first-order valence-corrected chi connectivity index (χ1v) is 14.8. The second-order valence-corrected chi connectivity index (χ2v) is 15.0. The topological polar surface area (TPSA) is 96.7 Å². The van der Waals surface area contributed by atoms with Gasteiger partial charge in [0.05, 0.1) is 30.6 Å². The molecule has 4 rings (SSSR count). The number of allylic oxidation sites excluding steroid dienone is 1. The maximum absolute atomic E-state index is 11.7. The van der Waals surface area contributed by atoms with Gasteiger partial charge in [-0.25, -0.2) is 14.5 Å². The Kier molecular flexibility index (Phi) is 6.66. The van der Waals surface area contributed by atoms with Gasteiger partial charge in [0.25, 0.3) is 0 Å². The highest BCUT2D eigenvalue weighted by atomic mass is 28.3. The van der Waals surface area contributed by atoms with Crippen LogP contribution in [0.15, 0.2) is 18.3 Å². The lowest BCUT2D eigenvalue weighted by molar-refractivity contribution is -0.159. The summed E-state index contributed by atoms with van der Waals surface area (Å²) < 4.78 is 24.7. The summed E-state index contributed by atoms with van der Waals surface area (Å²) in [5.41, 5.74) is 2.82. The highest BCUT2D eigenvalue weighted by Crippen LogP contribution is 2.39. The molecule has 1 spiro atoms. The summed E-state index contributed by atoms with van der Waals surface area (Å²) >= 11 is 0. The number of carbonyl (C=O) groups is 1. The molecule has 0 aromatic carbocycles. The molecule has 1 saturated heterocycles. The third-order valence-electron chi connectivity index (χ3n) is 5.78. The Hall–Kier alpha value is -2.27. The fraction of sp³-hybridized carbons (Fsp3) is 0.591. The first-order valence-electron chi connectivity index (χ1n) is 11.1. The van der Waals surface area contributed by atoms with E-state index >= 15 is 0 Å². The van der Waals surface area contributed by atoms with Crippen molar-refractivity contribution in [2.24, 2.45) is 0 Å². The summed E-state index contributed by atoms with van der Waals surface area (Å²) in [6.45, 7) is 9.32. The Labute approximate surface area is 189 Å². The Morgan fingerprint density at radius 1 is 1.31 bits per heavy atom. The van der Waals surface area contributed by atoms with E-state index in [1.807, 2.05) is 4.68 Å². The Morgan fingerprint density at radius 2 is 2.09 bits per heavy atom. The first-order chi connectivity index (χ1) is 15.3. The largest absolute Gasteiger partial charge is 0.413 e. The van der Waals surface area contributed by atoms with Gasteiger partial charge >= 0.3 is 6.09 Å². The lowest BCUT2D eigenvalue weighted by Gasteiger charge is -2.30. The number of carbonyl (C=O) groups excluding carboxylic acids is 1. The zero-order valence-electron chi connectivity index (χ0n) is 19.3. The molecule has 2 aromatic rings. The molecule has 1 aliphatic carbocycles. The average Bonchev–Trinajstić information content (AvgIpc) is 3.36. The highest BCUT2D eigenvalue weighted by Gasteiger charge is 2.38. The van der Waals surface area contributed by atoms with Crippen molar-refractivity contribution in [1.82, 2.24) is 20.1 Å². The van der Waals surface area contributed by atoms with Gasteiger partial charge < -0.3 is 24.3 Å². The van der Waals surface area contributed by atoms with E-state index in [1.165, 1.54) is 7.05 Å². The minimum absolute atomic E-state index is 0.229. The number of nitrogens with one attached hydrogen (secondary N) is 1. The van der Waals surface area contributed by atoms with Gasteiger partial charge in [-0.2, -0.15) is 5.10 Å². The number of aromatic nitrogens is 3. The third kappa shape index (κ3) is 5.20. The molecule has 3 heterocycles.